The van der Waals surface area contributed by atoms with Crippen molar-refractivity contribution in [3.05, 3.63) is 59.7 Å². The predicted octanol–water partition coefficient (Wildman–Crippen LogP) is 4.66. The molecular weight excluding hydrogens is 316 g/mol. The van der Waals surface area contributed by atoms with Crippen molar-refractivity contribution in [2.24, 2.45) is 0 Å². The highest BCUT2D eigenvalue weighted by Crippen LogP contribution is 2.43. The summed E-state index contributed by atoms with van der Waals surface area (Å²) >= 11 is 0. The third kappa shape index (κ3) is 3.07. The summed E-state index contributed by atoms with van der Waals surface area (Å²) in [5, 5.41) is 10.1. The fourth-order valence-electron chi connectivity index (χ4n) is 2.88. The number of hydrogen-bond acceptors (Lipinski definition) is 4. The Kier molecular flexibility index (Phi) is 4.21. The van der Waals surface area contributed by atoms with Gasteiger partial charge in [0.2, 0.25) is 0 Å². The highest BCUT2D eigenvalue weighted by Gasteiger charge is 2.27. The van der Waals surface area contributed by atoms with Crippen molar-refractivity contribution in [1.82, 2.24) is 0 Å². The SMILES string of the molecule is C=C(c1ccc(OC)c(O)c1)c1ccc(OC)c2c1OC(C)(C)C=C2. The first-order chi connectivity index (χ1) is 11.9. The number of ether oxygens (including phenoxy) is 3. The lowest BCUT2D eigenvalue weighted by atomic mass is 9.93. The summed E-state index contributed by atoms with van der Waals surface area (Å²) in [5.74, 6) is 1.97. The first-order valence-electron chi connectivity index (χ1n) is 8.02. The van der Waals surface area contributed by atoms with Crippen molar-refractivity contribution in [1.29, 1.82) is 0 Å². The Labute approximate surface area is 148 Å². The van der Waals surface area contributed by atoms with E-state index in [0.717, 1.165) is 33.8 Å². The Balaban J connectivity index is 2.10. The molecule has 0 saturated carbocycles. The summed E-state index contributed by atoms with van der Waals surface area (Å²) in [6, 6.07) is 9.05. The Morgan fingerprint density at radius 3 is 2.40 bits per heavy atom. The van der Waals surface area contributed by atoms with Gasteiger partial charge in [-0.15, -0.1) is 0 Å². The molecule has 0 aliphatic carbocycles. The highest BCUT2D eigenvalue weighted by molar-refractivity contribution is 5.86. The molecule has 0 bridgehead atoms. The second kappa shape index (κ2) is 6.20. The van der Waals surface area contributed by atoms with Crippen molar-refractivity contribution in [2.45, 2.75) is 19.4 Å². The molecule has 1 N–H and O–H groups in total. The van der Waals surface area contributed by atoms with Crippen molar-refractivity contribution in [2.75, 3.05) is 14.2 Å². The minimum absolute atomic E-state index is 0.0738. The van der Waals surface area contributed by atoms with Crippen LogP contribution in [0.3, 0.4) is 0 Å². The van der Waals surface area contributed by atoms with Crippen LogP contribution in [0.5, 0.6) is 23.0 Å². The van der Waals surface area contributed by atoms with Crippen LogP contribution in [0.2, 0.25) is 0 Å². The normalized spacial score (nSPS) is 14.4. The average molecular weight is 338 g/mol. The number of aromatic hydroxyl groups is 1. The maximum absolute atomic E-state index is 10.1. The predicted molar refractivity (Wildman–Crippen MR) is 99.5 cm³/mol. The van der Waals surface area contributed by atoms with E-state index in [1.54, 1.807) is 19.2 Å². The van der Waals surface area contributed by atoms with Crippen LogP contribution in [-0.4, -0.2) is 24.9 Å². The van der Waals surface area contributed by atoms with Gasteiger partial charge in [-0.05, 0) is 61.4 Å². The smallest absolute Gasteiger partial charge is 0.160 e. The van der Waals surface area contributed by atoms with E-state index >= 15 is 0 Å². The Bertz CT molecular complexity index is 862. The van der Waals surface area contributed by atoms with Gasteiger partial charge in [0.05, 0.1) is 19.8 Å². The van der Waals surface area contributed by atoms with E-state index in [2.05, 4.69) is 6.58 Å². The Morgan fingerprint density at radius 1 is 1.08 bits per heavy atom. The molecule has 2 aromatic rings. The van der Waals surface area contributed by atoms with E-state index in [4.69, 9.17) is 14.2 Å². The minimum atomic E-state index is -0.420. The van der Waals surface area contributed by atoms with E-state index in [9.17, 15) is 5.11 Å². The zero-order chi connectivity index (χ0) is 18.2. The minimum Gasteiger partial charge on any atom is -0.504 e. The number of fused-ring (bicyclic) bond motifs is 1. The van der Waals surface area contributed by atoms with Gasteiger partial charge in [-0.3, -0.25) is 0 Å². The van der Waals surface area contributed by atoms with Gasteiger partial charge in [-0.1, -0.05) is 12.6 Å². The standard InChI is InChI=1S/C21H22O4/c1-13(14-6-8-19(24-5)17(22)12-14)15-7-9-18(23-4)16-10-11-21(2,3)25-20(15)16/h6-12,22H,1H2,2-5H3. The quantitative estimate of drug-likeness (QED) is 0.881. The van der Waals surface area contributed by atoms with Gasteiger partial charge in [0.15, 0.2) is 11.5 Å². The fourth-order valence-corrected chi connectivity index (χ4v) is 2.88. The number of phenols is 1. The summed E-state index contributed by atoms with van der Waals surface area (Å²) in [5.41, 5.74) is 2.87. The molecule has 130 valence electrons. The first-order valence-corrected chi connectivity index (χ1v) is 8.02. The zero-order valence-corrected chi connectivity index (χ0v) is 14.9. The average Bonchev–Trinajstić information content (AvgIpc) is 2.59. The molecule has 1 aliphatic rings. The first kappa shape index (κ1) is 17.0. The fraction of sp³-hybridized carbons (Fsp3) is 0.238. The van der Waals surface area contributed by atoms with Crippen LogP contribution in [-0.2, 0) is 0 Å². The van der Waals surface area contributed by atoms with E-state index in [-0.39, 0.29) is 5.75 Å². The van der Waals surface area contributed by atoms with Crippen LogP contribution in [0.25, 0.3) is 11.6 Å². The van der Waals surface area contributed by atoms with Gasteiger partial charge in [-0.25, -0.2) is 0 Å². The third-order valence-corrected chi connectivity index (χ3v) is 4.24. The molecule has 25 heavy (non-hydrogen) atoms. The van der Waals surface area contributed by atoms with Crippen LogP contribution in [0.15, 0.2) is 43.0 Å². The molecule has 0 spiro atoms. The number of methoxy groups -OCH3 is 2. The van der Waals surface area contributed by atoms with Gasteiger partial charge in [-0.2, -0.15) is 0 Å². The monoisotopic (exact) mass is 338 g/mol. The van der Waals surface area contributed by atoms with Gasteiger partial charge in [0.25, 0.3) is 0 Å². The molecule has 4 heteroatoms. The summed E-state index contributed by atoms with van der Waals surface area (Å²) in [6.07, 6.45) is 4.02. The van der Waals surface area contributed by atoms with Crippen molar-refractivity contribution in [3.8, 4) is 23.0 Å². The second-order valence-corrected chi connectivity index (χ2v) is 6.46. The van der Waals surface area contributed by atoms with Crippen molar-refractivity contribution >= 4 is 11.6 Å². The molecule has 0 fully saturated rings. The topological polar surface area (TPSA) is 47.9 Å². The maximum Gasteiger partial charge on any atom is 0.160 e. The molecule has 1 heterocycles. The molecule has 0 atom stereocenters. The molecule has 3 rings (SSSR count). The largest absolute Gasteiger partial charge is 0.504 e. The third-order valence-electron chi connectivity index (χ3n) is 4.24. The lowest BCUT2D eigenvalue weighted by molar-refractivity contribution is 0.157. The lowest BCUT2D eigenvalue weighted by Gasteiger charge is -2.30. The summed E-state index contributed by atoms with van der Waals surface area (Å²) in [6.45, 7) is 8.20. The second-order valence-electron chi connectivity index (χ2n) is 6.46. The van der Waals surface area contributed by atoms with Crippen LogP contribution in [0.1, 0.15) is 30.5 Å². The molecule has 0 radical (unpaired) electrons. The molecule has 2 aromatic carbocycles. The van der Waals surface area contributed by atoms with Crippen LogP contribution in [0, 0.1) is 0 Å². The number of benzene rings is 2. The van der Waals surface area contributed by atoms with E-state index < -0.39 is 5.60 Å². The van der Waals surface area contributed by atoms with E-state index in [1.165, 1.54) is 7.11 Å². The van der Waals surface area contributed by atoms with Crippen LogP contribution in [0.4, 0.5) is 0 Å². The van der Waals surface area contributed by atoms with Crippen molar-refractivity contribution < 1.29 is 19.3 Å². The molecule has 1 aliphatic heterocycles. The lowest BCUT2D eigenvalue weighted by Crippen LogP contribution is -2.28. The molecule has 0 unspecified atom stereocenters. The van der Waals surface area contributed by atoms with Crippen molar-refractivity contribution in [3.63, 3.8) is 0 Å². The molecule has 0 amide bonds. The molecule has 4 nitrogen and oxygen atoms in total. The van der Waals surface area contributed by atoms with Gasteiger partial charge < -0.3 is 19.3 Å². The van der Waals surface area contributed by atoms with Crippen LogP contribution >= 0.6 is 0 Å². The Hall–Kier alpha value is -2.88. The summed E-state index contributed by atoms with van der Waals surface area (Å²) in [4.78, 5) is 0. The highest BCUT2D eigenvalue weighted by atomic mass is 16.5. The molecular formula is C21H22O4. The van der Waals surface area contributed by atoms with Gasteiger partial charge >= 0.3 is 0 Å². The molecule has 0 saturated heterocycles. The van der Waals surface area contributed by atoms with E-state index in [0.29, 0.717) is 5.75 Å². The van der Waals surface area contributed by atoms with Crippen LogP contribution < -0.4 is 14.2 Å². The molecule has 0 aromatic heterocycles. The number of rotatable bonds is 4. The maximum atomic E-state index is 10.1. The number of phenolic OH excluding ortho intramolecular Hbond substituents is 1. The number of hydrogen-bond donors (Lipinski definition) is 1. The Morgan fingerprint density at radius 2 is 1.76 bits per heavy atom. The summed E-state index contributed by atoms with van der Waals surface area (Å²) < 4.78 is 16.8. The summed E-state index contributed by atoms with van der Waals surface area (Å²) in [7, 11) is 3.16. The zero-order valence-electron chi connectivity index (χ0n) is 14.9. The van der Waals surface area contributed by atoms with E-state index in [1.807, 2.05) is 44.2 Å². The van der Waals surface area contributed by atoms with Gasteiger partial charge in [0.1, 0.15) is 17.1 Å². The van der Waals surface area contributed by atoms with Gasteiger partial charge in [0, 0.05) is 5.56 Å².